The number of nitrogens with one attached hydrogen (secondary N) is 2. The van der Waals surface area contributed by atoms with E-state index in [4.69, 9.17) is 9.47 Å². The number of esters is 1. The van der Waals surface area contributed by atoms with Gasteiger partial charge in [-0.25, -0.2) is 9.59 Å². The van der Waals surface area contributed by atoms with Gasteiger partial charge in [-0.3, -0.25) is 9.59 Å². The molecule has 9 nitrogen and oxygen atoms in total. The number of ether oxygens (including phenoxy) is 2. The van der Waals surface area contributed by atoms with Crippen LogP contribution in [0.5, 0.6) is 0 Å². The lowest BCUT2D eigenvalue weighted by Gasteiger charge is -2.40. The molecule has 3 amide bonds. The first-order valence-corrected chi connectivity index (χ1v) is 18.0. The Balaban J connectivity index is 2.78. The molecule has 2 aromatic rings. The molecule has 50 heavy (non-hydrogen) atoms. The maximum absolute atomic E-state index is 15.0. The smallest absolute Gasteiger partial charge is 0.408 e. The molecule has 0 aliphatic heterocycles. The molecule has 9 heteroatoms. The molecular weight excluding hydrogens is 630 g/mol. The van der Waals surface area contributed by atoms with Gasteiger partial charge in [0.1, 0.15) is 29.3 Å². The molecule has 0 aliphatic rings. The molecule has 0 radical (unpaired) electrons. The summed E-state index contributed by atoms with van der Waals surface area (Å²) < 4.78 is 11.4. The minimum Gasteiger partial charge on any atom is -0.458 e. The van der Waals surface area contributed by atoms with Gasteiger partial charge in [0.2, 0.25) is 11.8 Å². The summed E-state index contributed by atoms with van der Waals surface area (Å²) in [7, 11) is 0. The molecule has 2 N–H and O–H groups in total. The van der Waals surface area contributed by atoms with Crippen LogP contribution in [0.1, 0.15) is 124 Å². The van der Waals surface area contributed by atoms with Crippen molar-refractivity contribution in [2.24, 2.45) is 11.8 Å². The standard InChI is InChI=1S/C41H63N3O6/c1-26(2)22-23-30(7)44(37(46)32(24-27(3)4)43-39(48)50-41(11,12)13)35(34-28(5)18-17-19-29(34)6)36(45)42-33(38(47)49-40(8,9)10)25-31-20-15-14-16-21-31/h14-21,26-27,30,32-33,35H,22-25H2,1-13H3,(H,42,45)(H,43,48). The lowest BCUT2D eigenvalue weighted by molar-refractivity contribution is -0.159. The maximum atomic E-state index is 15.0. The quantitative estimate of drug-likeness (QED) is 0.183. The van der Waals surface area contributed by atoms with Crippen molar-refractivity contribution < 1.29 is 28.7 Å². The molecule has 2 aromatic carbocycles. The number of benzene rings is 2. The average Bonchev–Trinajstić information content (AvgIpc) is 2.96. The predicted molar refractivity (Wildman–Crippen MR) is 200 cm³/mol. The fourth-order valence-corrected chi connectivity index (χ4v) is 5.96. The number of carbonyl (C=O) groups excluding carboxylic acids is 4. The molecule has 0 aliphatic carbocycles. The first kappa shape index (κ1) is 42.3. The highest BCUT2D eigenvalue weighted by Crippen LogP contribution is 2.32. The minimum atomic E-state index is -1.11. The Labute approximate surface area is 301 Å². The minimum absolute atomic E-state index is 0.0432. The SMILES string of the molecule is Cc1cccc(C)c1C(C(=O)NC(Cc1ccccc1)C(=O)OC(C)(C)C)N(C(=O)C(CC(C)C)NC(=O)OC(C)(C)C)C(C)CCC(C)C. The highest BCUT2D eigenvalue weighted by molar-refractivity contribution is 5.94. The summed E-state index contributed by atoms with van der Waals surface area (Å²) in [6, 6.07) is 11.7. The van der Waals surface area contributed by atoms with Gasteiger partial charge in [-0.1, -0.05) is 76.2 Å². The number of alkyl carbamates (subject to hydrolysis) is 1. The van der Waals surface area contributed by atoms with Crippen LogP contribution in [-0.2, 0) is 30.3 Å². The van der Waals surface area contributed by atoms with Gasteiger partial charge in [-0.2, -0.15) is 0 Å². The second-order valence-corrected chi connectivity index (χ2v) is 16.4. The normalized spacial score (nSPS) is 14.4. The highest BCUT2D eigenvalue weighted by atomic mass is 16.6. The molecule has 0 fully saturated rings. The van der Waals surface area contributed by atoms with Crippen molar-refractivity contribution in [3.05, 3.63) is 70.8 Å². The Kier molecular flexibility index (Phi) is 15.5. The first-order chi connectivity index (χ1) is 23.1. The first-order valence-electron chi connectivity index (χ1n) is 18.0. The Morgan fingerprint density at radius 2 is 1.26 bits per heavy atom. The molecule has 4 unspecified atom stereocenters. The van der Waals surface area contributed by atoms with Crippen LogP contribution >= 0.6 is 0 Å². The van der Waals surface area contributed by atoms with Crippen LogP contribution in [0.4, 0.5) is 4.79 Å². The predicted octanol–water partition coefficient (Wildman–Crippen LogP) is 8.01. The monoisotopic (exact) mass is 693 g/mol. The van der Waals surface area contributed by atoms with Gasteiger partial charge in [-0.05, 0) is 116 Å². The molecule has 278 valence electrons. The van der Waals surface area contributed by atoms with E-state index in [2.05, 4.69) is 24.5 Å². The van der Waals surface area contributed by atoms with Crippen LogP contribution in [-0.4, -0.2) is 58.1 Å². The zero-order chi connectivity index (χ0) is 38.0. The van der Waals surface area contributed by atoms with E-state index in [1.807, 2.05) is 83.1 Å². The van der Waals surface area contributed by atoms with Gasteiger partial charge < -0.3 is 25.0 Å². The number of rotatable bonds is 15. The van der Waals surface area contributed by atoms with Crippen LogP contribution in [0.3, 0.4) is 0 Å². The summed E-state index contributed by atoms with van der Waals surface area (Å²) in [5, 5.41) is 5.87. The van der Waals surface area contributed by atoms with Crippen LogP contribution in [0.25, 0.3) is 0 Å². The molecule has 0 saturated carbocycles. The van der Waals surface area contributed by atoms with Gasteiger partial charge in [0.15, 0.2) is 0 Å². The molecule has 4 atom stereocenters. The second kappa shape index (κ2) is 18.4. The summed E-state index contributed by atoms with van der Waals surface area (Å²) in [4.78, 5) is 58.4. The highest BCUT2D eigenvalue weighted by Gasteiger charge is 2.41. The summed E-state index contributed by atoms with van der Waals surface area (Å²) in [6.07, 6.45) is 1.27. The Morgan fingerprint density at radius 1 is 0.700 bits per heavy atom. The zero-order valence-corrected chi connectivity index (χ0v) is 32.8. The third-order valence-electron chi connectivity index (χ3n) is 8.22. The Morgan fingerprint density at radius 3 is 1.76 bits per heavy atom. The summed E-state index contributed by atoms with van der Waals surface area (Å²) in [5.41, 5.74) is 1.64. The van der Waals surface area contributed by atoms with Crippen LogP contribution in [0, 0.1) is 25.7 Å². The maximum Gasteiger partial charge on any atom is 0.408 e. The third kappa shape index (κ3) is 13.8. The largest absolute Gasteiger partial charge is 0.458 e. The Bertz CT molecular complexity index is 1400. The molecule has 2 rings (SSSR count). The van der Waals surface area contributed by atoms with E-state index >= 15 is 0 Å². The van der Waals surface area contributed by atoms with Crippen molar-refractivity contribution >= 4 is 23.9 Å². The summed E-state index contributed by atoms with van der Waals surface area (Å²) >= 11 is 0. The number of aryl methyl sites for hydroxylation is 2. The van der Waals surface area contributed by atoms with Crippen molar-refractivity contribution in [2.75, 3.05) is 0 Å². The molecule has 0 aromatic heterocycles. The van der Waals surface area contributed by atoms with E-state index in [0.717, 1.165) is 23.1 Å². The van der Waals surface area contributed by atoms with Gasteiger partial charge in [0.25, 0.3) is 0 Å². The molecule has 0 spiro atoms. The lowest BCUT2D eigenvalue weighted by Crippen LogP contribution is -2.57. The van der Waals surface area contributed by atoms with Gasteiger partial charge in [0.05, 0.1) is 0 Å². The average molecular weight is 694 g/mol. The number of amides is 3. The van der Waals surface area contributed by atoms with E-state index in [1.165, 1.54) is 0 Å². The molecule has 0 saturated heterocycles. The van der Waals surface area contributed by atoms with Gasteiger partial charge >= 0.3 is 12.1 Å². The topological polar surface area (TPSA) is 114 Å². The van der Waals surface area contributed by atoms with Gasteiger partial charge in [0, 0.05) is 12.5 Å². The number of hydrogen-bond donors (Lipinski definition) is 2. The number of hydrogen-bond acceptors (Lipinski definition) is 6. The zero-order valence-electron chi connectivity index (χ0n) is 32.8. The fourth-order valence-electron chi connectivity index (χ4n) is 5.96. The van der Waals surface area contributed by atoms with E-state index in [0.29, 0.717) is 24.3 Å². The van der Waals surface area contributed by atoms with Crippen LogP contribution < -0.4 is 10.6 Å². The van der Waals surface area contributed by atoms with Crippen molar-refractivity contribution in [3.63, 3.8) is 0 Å². The third-order valence-corrected chi connectivity index (χ3v) is 8.22. The molecule has 0 heterocycles. The van der Waals surface area contributed by atoms with E-state index in [1.54, 1.807) is 46.4 Å². The van der Waals surface area contributed by atoms with E-state index in [9.17, 15) is 19.2 Å². The molecule has 0 bridgehead atoms. The van der Waals surface area contributed by atoms with Crippen LogP contribution in [0.15, 0.2) is 48.5 Å². The second-order valence-electron chi connectivity index (χ2n) is 16.4. The van der Waals surface area contributed by atoms with Crippen molar-refractivity contribution in [1.29, 1.82) is 0 Å². The number of carbonyl (C=O) groups is 4. The van der Waals surface area contributed by atoms with Crippen molar-refractivity contribution in [3.8, 4) is 0 Å². The van der Waals surface area contributed by atoms with Gasteiger partial charge in [-0.15, -0.1) is 0 Å². The van der Waals surface area contributed by atoms with Crippen LogP contribution in [0.2, 0.25) is 0 Å². The fraction of sp³-hybridized carbons (Fsp3) is 0.610. The van der Waals surface area contributed by atoms with E-state index < -0.39 is 53.3 Å². The lowest BCUT2D eigenvalue weighted by atomic mass is 9.90. The molecular formula is C41H63N3O6. The summed E-state index contributed by atoms with van der Waals surface area (Å²) in [6.45, 7) is 24.7. The van der Waals surface area contributed by atoms with Crippen molar-refractivity contribution in [1.82, 2.24) is 15.5 Å². The van der Waals surface area contributed by atoms with E-state index in [-0.39, 0.29) is 18.2 Å². The summed E-state index contributed by atoms with van der Waals surface area (Å²) in [5.74, 6) is -1.05. The Hall–Kier alpha value is -3.88. The number of nitrogens with zero attached hydrogens (tertiary/aromatic N) is 1. The van der Waals surface area contributed by atoms with Crippen molar-refractivity contribution in [2.45, 2.75) is 151 Å².